The molecule has 0 bridgehead atoms. The van der Waals surface area contributed by atoms with Crippen molar-refractivity contribution in [2.45, 2.75) is 19.4 Å². The number of benzene rings is 3. The van der Waals surface area contributed by atoms with Crippen LogP contribution in [0.15, 0.2) is 66.7 Å². The Kier molecular flexibility index (Phi) is 7.54. The van der Waals surface area contributed by atoms with Gasteiger partial charge >= 0.3 is 0 Å². The third-order valence-electron chi connectivity index (χ3n) is 5.83. The summed E-state index contributed by atoms with van der Waals surface area (Å²) in [6.07, 6.45) is 1.00. The van der Waals surface area contributed by atoms with E-state index in [4.69, 9.17) is 11.6 Å². The van der Waals surface area contributed by atoms with E-state index in [-0.39, 0.29) is 11.8 Å². The van der Waals surface area contributed by atoms with Crippen LogP contribution in [-0.4, -0.2) is 37.9 Å². The zero-order valence-corrected chi connectivity index (χ0v) is 20.9. The second-order valence-corrected chi connectivity index (χ2v) is 9.26. The number of fused-ring (bicyclic) bond motifs is 1. The quantitative estimate of drug-likeness (QED) is 0.389. The van der Waals surface area contributed by atoms with Gasteiger partial charge in [0.15, 0.2) is 0 Å². The number of anilines is 2. The summed E-state index contributed by atoms with van der Waals surface area (Å²) in [6, 6.07) is 21.5. The molecule has 2 amide bonds. The van der Waals surface area contributed by atoms with Gasteiger partial charge in [-0.1, -0.05) is 48.0 Å². The molecule has 1 aliphatic rings. The lowest BCUT2D eigenvalue weighted by Gasteiger charge is -2.17. The summed E-state index contributed by atoms with van der Waals surface area (Å²) < 4.78 is 0. The van der Waals surface area contributed by atoms with Crippen molar-refractivity contribution in [3.8, 4) is 0 Å². The summed E-state index contributed by atoms with van der Waals surface area (Å²) >= 11 is 6.17. The van der Waals surface area contributed by atoms with Gasteiger partial charge < -0.3 is 20.9 Å². The van der Waals surface area contributed by atoms with Crippen LogP contribution < -0.4 is 16.0 Å². The van der Waals surface area contributed by atoms with Gasteiger partial charge in [0.05, 0.1) is 17.0 Å². The van der Waals surface area contributed by atoms with E-state index in [0.29, 0.717) is 34.8 Å². The van der Waals surface area contributed by atoms with Crippen LogP contribution in [0.4, 0.5) is 11.4 Å². The molecule has 3 aromatic carbocycles. The summed E-state index contributed by atoms with van der Waals surface area (Å²) in [7, 11) is 5.71. The van der Waals surface area contributed by atoms with E-state index in [9.17, 15) is 9.59 Å². The third-order valence-corrected chi connectivity index (χ3v) is 6.07. The molecule has 0 spiro atoms. The van der Waals surface area contributed by atoms with E-state index in [2.05, 4.69) is 33.0 Å². The fourth-order valence-corrected chi connectivity index (χ4v) is 4.31. The predicted molar refractivity (Wildman–Crippen MR) is 143 cm³/mol. The number of rotatable bonds is 8. The summed E-state index contributed by atoms with van der Waals surface area (Å²) in [5, 5.41) is 9.66. The SMILES string of the molecule is CNC(=O)CCc1cccc(C(Nc2ccc(CN(C)C)cc2)=C2C(=O)Nc3cc(Cl)ccc32)c1. The molecule has 4 rings (SSSR count). The first kappa shape index (κ1) is 24.5. The van der Waals surface area contributed by atoms with Crippen molar-refractivity contribution in [1.29, 1.82) is 0 Å². The van der Waals surface area contributed by atoms with Crippen molar-refractivity contribution < 1.29 is 9.59 Å². The Bertz CT molecular complexity index is 1280. The minimum absolute atomic E-state index is 0.00843. The highest BCUT2D eigenvalue weighted by Gasteiger charge is 2.28. The highest BCUT2D eigenvalue weighted by atomic mass is 35.5. The molecule has 0 atom stereocenters. The van der Waals surface area contributed by atoms with Crippen molar-refractivity contribution in [2.75, 3.05) is 31.8 Å². The highest BCUT2D eigenvalue weighted by Crippen LogP contribution is 2.39. The van der Waals surface area contributed by atoms with Gasteiger partial charge in [-0.25, -0.2) is 0 Å². The Morgan fingerprint density at radius 2 is 1.77 bits per heavy atom. The van der Waals surface area contributed by atoms with Gasteiger partial charge in [-0.2, -0.15) is 0 Å². The summed E-state index contributed by atoms with van der Waals surface area (Å²) in [5.74, 6) is -0.198. The maximum Gasteiger partial charge on any atom is 0.258 e. The van der Waals surface area contributed by atoms with E-state index in [1.54, 1.807) is 19.2 Å². The first-order valence-corrected chi connectivity index (χ1v) is 11.9. The number of halogens is 1. The molecule has 1 aliphatic heterocycles. The zero-order valence-electron chi connectivity index (χ0n) is 20.1. The minimum atomic E-state index is -0.190. The number of carbonyl (C=O) groups excluding carboxylic acids is 2. The monoisotopic (exact) mass is 488 g/mol. The molecular formula is C28H29ClN4O2. The Balaban J connectivity index is 1.76. The van der Waals surface area contributed by atoms with E-state index in [1.165, 1.54) is 5.56 Å². The maximum atomic E-state index is 13.2. The second-order valence-electron chi connectivity index (χ2n) is 8.83. The Labute approximate surface area is 211 Å². The molecule has 0 radical (unpaired) electrons. The minimum Gasteiger partial charge on any atom is -0.359 e. The van der Waals surface area contributed by atoms with Gasteiger partial charge in [-0.05, 0) is 67.5 Å². The summed E-state index contributed by atoms with van der Waals surface area (Å²) in [6.45, 7) is 0.845. The molecule has 0 unspecified atom stereocenters. The fourth-order valence-electron chi connectivity index (χ4n) is 4.14. The zero-order chi connectivity index (χ0) is 24.9. The average Bonchev–Trinajstić information content (AvgIpc) is 3.16. The number of aryl methyl sites for hydroxylation is 1. The van der Waals surface area contributed by atoms with Crippen LogP contribution >= 0.6 is 11.6 Å². The van der Waals surface area contributed by atoms with Gasteiger partial charge in [0.2, 0.25) is 5.91 Å². The first-order chi connectivity index (χ1) is 16.8. The lowest BCUT2D eigenvalue weighted by atomic mass is 9.97. The highest BCUT2D eigenvalue weighted by molar-refractivity contribution is 6.38. The van der Waals surface area contributed by atoms with Crippen LogP contribution in [0.1, 0.15) is 28.7 Å². The standard InChI is InChI=1S/C28H29ClN4O2/c1-30-25(34)14-9-18-5-4-6-20(15-18)27(31-22-11-7-19(8-12-22)17-33(2)3)26-23-13-10-21(29)16-24(23)32-28(26)35/h4-8,10-13,15-16,31H,9,14,17H2,1-3H3,(H,30,34)(H,32,35). The fraction of sp³-hybridized carbons (Fsp3) is 0.214. The van der Waals surface area contributed by atoms with Crippen molar-refractivity contribution in [3.05, 3.63) is 94.0 Å². The van der Waals surface area contributed by atoms with Crippen molar-refractivity contribution in [3.63, 3.8) is 0 Å². The lowest BCUT2D eigenvalue weighted by Crippen LogP contribution is -2.18. The van der Waals surface area contributed by atoms with Crippen LogP contribution in [0.3, 0.4) is 0 Å². The topological polar surface area (TPSA) is 73.5 Å². The second kappa shape index (κ2) is 10.8. The van der Waals surface area contributed by atoms with Crippen molar-refractivity contribution in [1.82, 2.24) is 10.2 Å². The maximum absolute atomic E-state index is 13.2. The van der Waals surface area contributed by atoms with Gasteiger partial charge in [0, 0.05) is 36.3 Å². The molecule has 3 N–H and O–H groups in total. The normalized spacial score (nSPS) is 13.9. The van der Waals surface area contributed by atoms with E-state index >= 15 is 0 Å². The molecule has 6 nitrogen and oxygen atoms in total. The molecule has 1 heterocycles. The molecule has 7 heteroatoms. The first-order valence-electron chi connectivity index (χ1n) is 11.5. The smallest absolute Gasteiger partial charge is 0.258 e. The van der Waals surface area contributed by atoms with Gasteiger partial charge in [0.1, 0.15) is 0 Å². The lowest BCUT2D eigenvalue weighted by molar-refractivity contribution is -0.120. The van der Waals surface area contributed by atoms with Crippen LogP contribution in [0.2, 0.25) is 5.02 Å². The number of carbonyl (C=O) groups is 2. The molecular weight excluding hydrogens is 460 g/mol. The molecule has 180 valence electrons. The van der Waals surface area contributed by atoms with Crippen LogP contribution in [0.25, 0.3) is 11.3 Å². The van der Waals surface area contributed by atoms with Crippen molar-refractivity contribution >= 4 is 46.1 Å². The Morgan fingerprint density at radius 1 is 1.00 bits per heavy atom. The number of hydrogen-bond donors (Lipinski definition) is 3. The Morgan fingerprint density at radius 3 is 2.49 bits per heavy atom. The summed E-state index contributed by atoms with van der Waals surface area (Å²) in [5.41, 5.74) is 6.69. The average molecular weight is 489 g/mol. The summed E-state index contributed by atoms with van der Waals surface area (Å²) in [4.78, 5) is 27.0. The van der Waals surface area contributed by atoms with Gasteiger partial charge in [-0.15, -0.1) is 0 Å². The molecule has 0 saturated heterocycles. The van der Waals surface area contributed by atoms with E-state index < -0.39 is 0 Å². The number of nitrogens with zero attached hydrogens (tertiary/aromatic N) is 1. The van der Waals surface area contributed by atoms with Crippen LogP contribution in [-0.2, 0) is 22.6 Å². The molecule has 0 aliphatic carbocycles. The van der Waals surface area contributed by atoms with Crippen LogP contribution in [0, 0.1) is 0 Å². The van der Waals surface area contributed by atoms with E-state index in [0.717, 1.165) is 28.9 Å². The van der Waals surface area contributed by atoms with Gasteiger partial charge in [0.25, 0.3) is 5.91 Å². The third kappa shape index (κ3) is 5.91. The number of nitrogens with one attached hydrogen (secondary N) is 3. The van der Waals surface area contributed by atoms with Crippen LogP contribution in [0.5, 0.6) is 0 Å². The van der Waals surface area contributed by atoms with Gasteiger partial charge in [-0.3, -0.25) is 9.59 Å². The molecule has 3 aromatic rings. The molecule has 0 saturated carbocycles. The molecule has 35 heavy (non-hydrogen) atoms. The molecule has 0 aromatic heterocycles. The van der Waals surface area contributed by atoms with Crippen molar-refractivity contribution in [2.24, 2.45) is 0 Å². The Hall–Kier alpha value is -3.61. The predicted octanol–water partition coefficient (Wildman–Crippen LogP) is 5.01. The number of hydrogen-bond acceptors (Lipinski definition) is 4. The van der Waals surface area contributed by atoms with E-state index in [1.807, 2.05) is 56.6 Å². The molecule has 0 fully saturated rings. The largest absolute Gasteiger partial charge is 0.359 e. The number of amides is 2.